The lowest BCUT2D eigenvalue weighted by Gasteiger charge is -2.34. The summed E-state index contributed by atoms with van der Waals surface area (Å²) < 4.78 is 5.58. The zero-order chi connectivity index (χ0) is 21.3. The van der Waals surface area contributed by atoms with Gasteiger partial charge in [0.2, 0.25) is 5.95 Å². The molecular weight excluding hydrogens is 380 g/mol. The number of aliphatic hydroxyl groups is 1. The number of aromatic nitrogens is 4. The Labute approximate surface area is 176 Å². The van der Waals surface area contributed by atoms with Crippen LogP contribution in [0.15, 0.2) is 41.2 Å². The Balaban J connectivity index is 1.54. The molecule has 1 aliphatic rings. The third kappa shape index (κ3) is 4.28. The smallest absolute Gasteiger partial charge is 0.324 e. The van der Waals surface area contributed by atoms with E-state index < -0.39 is 5.60 Å². The van der Waals surface area contributed by atoms with E-state index in [0.29, 0.717) is 43.7 Å². The molecule has 2 aromatic heterocycles. The molecule has 3 N–H and O–H groups in total. The quantitative estimate of drug-likeness (QED) is 0.661. The first-order valence-corrected chi connectivity index (χ1v) is 10.3. The molecule has 0 radical (unpaired) electrons. The monoisotopic (exact) mass is 408 g/mol. The summed E-state index contributed by atoms with van der Waals surface area (Å²) in [5.74, 6) is 1.26. The molecule has 1 atom stereocenters. The van der Waals surface area contributed by atoms with Gasteiger partial charge in [-0.25, -0.2) is 9.97 Å². The van der Waals surface area contributed by atoms with Crippen LogP contribution in [0.5, 0.6) is 0 Å². The van der Waals surface area contributed by atoms with Crippen LogP contribution in [0.3, 0.4) is 0 Å². The Hall–Kier alpha value is -3.00. The van der Waals surface area contributed by atoms with E-state index in [4.69, 9.17) is 15.2 Å². The summed E-state index contributed by atoms with van der Waals surface area (Å²) >= 11 is 0. The molecule has 3 aromatic rings. The third-order valence-corrected chi connectivity index (χ3v) is 5.76. The second kappa shape index (κ2) is 8.02. The van der Waals surface area contributed by atoms with Gasteiger partial charge in [0.15, 0.2) is 5.82 Å². The maximum atomic E-state index is 10.2. The number of nitrogens with zero attached hydrogens (tertiary/aromatic N) is 5. The highest BCUT2D eigenvalue weighted by atomic mass is 16.5. The summed E-state index contributed by atoms with van der Waals surface area (Å²) in [6.07, 6.45) is 4.82. The molecule has 8 heteroatoms. The highest BCUT2D eigenvalue weighted by Gasteiger charge is 2.31. The van der Waals surface area contributed by atoms with Gasteiger partial charge in [-0.2, -0.15) is 4.98 Å². The van der Waals surface area contributed by atoms with Crippen LogP contribution in [-0.2, 0) is 0 Å². The fourth-order valence-corrected chi connectivity index (χ4v) is 3.86. The summed E-state index contributed by atoms with van der Waals surface area (Å²) in [5, 5.41) is 14.5. The summed E-state index contributed by atoms with van der Waals surface area (Å²) in [7, 11) is 0. The Morgan fingerprint density at radius 2 is 1.70 bits per heavy atom. The predicted molar refractivity (Wildman–Crippen MR) is 115 cm³/mol. The van der Waals surface area contributed by atoms with E-state index in [1.54, 1.807) is 12.4 Å². The average Bonchev–Trinajstić information content (AvgIpc) is 3.18. The fraction of sp³-hybridized carbons (Fsp3) is 0.455. The first-order chi connectivity index (χ1) is 14.3. The molecule has 0 spiro atoms. The van der Waals surface area contributed by atoms with E-state index in [0.717, 1.165) is 16.7 Å². The minimum absolute atomic E-state index is 0.0205. The zero-order valence-corrected chi connectivity index (χ0v) is 17.6. The van der Waals surface area contributed by atoms with Gasteiger partial charge >= 0.3 is 6.01 Å². The van der Waals surface area contributed by atoms with Crippen molar-refractivity contribution in [3.63, 3.8) is 0 Å². The third-order valence-electron chi connectivity index (χ3n) is 5.76. The Morgan fingerprint density at radius 1 is 1.07 bits per heavy atom. The Morgan fingerprint density at radius 3 is 2.30 bits per heavy atom. The molecule has 1 aromatic carbocycles. The number of anilines is 2. The molecule has 0 unspecified atom stereocenters. The molecule has 0 aliphatic carbocycles. The van der Waals surface area contributed by atoms with E-state index in [9.17, 15) is 5.11 Å². The van der Waals surface area contributed by atoms with Crippen molar-refractivity contribution in [2.45, 2.75) is 45.1 Å². The van der Waals surface area contributed by atoms with Gasteiger partial charge in [0.1, 0.15) is 0 Å². The molecular formula is C22H28N6O2. The minimum atomic E-state index is -0.614. The Bertz CT molecular complexity index is 972. The predicted octanol–water partition coefficient (Wildman–Crippen LogP) is 3.25. The van der Waals surface area contributed by atoms with Crippen LogP contribution >= 0.6 is 0 Å². The average molecular weight is 409 g/mol. The van der Waals surface area contributed by atoms with Gasteiger partial charge in [-0.1, -0.05) is 43.3 Å². The lowest BCUT2D eigenvalue weighted by atomic mass is 9.87. The van der Waals surface area contributed by atoms with E-state index >= 15 is 0 Å². The molecule has 1 aliphatic heterocycles. The van der Waals surface area contributed by atoms with Gasteiger partial charge in [-0.05, 0) is 36.8 Å². The van der Waals surface area contributed by atoms with Crippen molar-refractivity contribution in [2.24, 2.45) is 5.92 Å². The van der Waals surface area contributed by atoms with Crippen molar-refractivity contribution in [1.82, 2.24) is 20.1 Å². The van der Waals surface area contributed by atoms with Crippen LogP contribution in [0.25, 0.3) is 11.1 Å². The SMILES string of the molecule is CC(C)[C@H](c1ccc(-c2cnc(N)nc2)cc1)c1noc(N2CCC(C)(O)CC2)n1. The van der Waals surface area contributed by atoms with Crippen molar-refractivity contribution >= 4 is 12.0 Å². The Kier molecular flexibility index (Phi) is 5.42. The van der Waals surface area contributed by atoms with Crippen LogP contribution in [0.1, 0.15) is 50.9 Å². The van der Waals surface area contributed by atoms with Gasteiger partial charge in [0.25, 0.3) is 0 Å². The van der Waals surface area contributed by atoms with E-state index in [-0.39, 0.29) is 11.9 Å². The molecule has 158 valence electrons. The lowest BCUT2D eigenvalue weighted by molar-refractivity contribution is 0.0341. The summed E-state index contributed by atoms with van der Waals surface area (Å²) in [4.78, 5) is 14.9. The molecule has 4 rings (SSSR count). The number of piperidine rings is 1. The molecule has 0 bridgehead atoms. The molecule has 0 saturated carbocycles. The molecule has 3 heterocycles. The molecule has 1 fully saturated rings. The number of nitrogen functional groups attached to an aromatic ring is 1. The van der Waals surface area contributed by atoms with Gasteiger partial charge < -0.3 is 20.3 Å². The zero-order valence-electron chi connectivity index (χ0n) is 17.6. The van der Waals surface area contributed by atoms with E-state index in [1.807, 2.05) is 19.1 Å². The maximum absolute atomic E-state index is 10.2. The minimum Gasteiger partial charge on any atom is -0.390 e. The topological polar surface area (TPSA) is 114 Å². The number of hydrogen-bond donors (Lipinski definition) is 2. The number of rotatable bonds is 5. The first-order valence-electron chi connectivity index (χ1n) is 10.3. The van der Waals surface area contributed by atoms with Crippen LogP contribution in [0.2, 0.25) is 0 Å². The van der Waals surface area contributed by atoms with Crippen molar-refractivity contribution in [3.8, 4) is 11.1 Å². The van der Waals surface area contributed by atoms with Crippen molar-refractivity contribution in [1.29, 1.82) is 0 Å². The van der Waals surface area contributed by atoms with Gasteiger partial charge in [-0.3, -0.25) is 0 Å². The molecule has 0 amide bonds. The maximum Gasteiger partial charge on any atom is 0.324 e. The van der Waals surface area contributed by atoms with Crippen molar-refractivity contribution in [3.05, 3.63) is 48.0 Å². The van der Waals surface area contributed by atoms with Gasteiger partial charge in [0.05, 0.1) is 5.60 Å². The number of benzene rings is 1. The van der Waals surface area contributed by atoms with Crippen LogP contribution in [0, 0.1) is 5.92 Å². The van der Waals surface area contributed by atoms with Crippen LogP contribution in [-0.4, -0.2) is 43.9 Å². The van der Waals surface area contributed by atoms with E-state index in [1.165, 1.54) is 0 Å². The van der Waals surface area contributed by atoms with E-state index in [2.05, 4.69) is 46.0 Å². The fourth-order valence-electron chi connectivity index (χ4n) is 3.86. The first kappa shape index (κ1) is 20.3. The highest BCUT2D eigenvalue weighted by Crippen LogP contribution is 2.33. The largest absolute Gasteiger partial charge is 0.390 e. The standard InChI is InChI=1S/C22H28N6O2/c1-14(2)18(16-6-4-15(5-7-16)17-12-24-20(23)25-13-17)19-26-21(30-27-19)28-10-8-22(3,29)9-11-28/h4-7,12-14,18,29H,8-11H2,1-3H3,(H2,23,24,25)/t18-/m1/s1. The van der Waals surface area contributed by atoms with Crippen LogP contribution < -0.4 is 10.6 Å². The second-order valence-corrected chi connectivity index (χ2v) is 8.59. The van der Waals surface area contributed by atoms with Crippen molar-refractivity contribution < 1.29 is 9.63 Å². The number of nitrogens with two attached hydrogens (primary N) is 1. The summed E-state index contributed by atoms with van der Waals surface area (Å²) in [6.45, 7) is 7.60. The molecule has 8 nitrogen and oxygen atoms in total. The highest BCUT2D eigenvalue weighted by molar-refractivity contribution is 5.62. The van der Waals surface area contributed by atoms with Gasteiger partial charge in [0, 0.05) is 37.0 Å². The molecule has 1 saturated heterocycles. The lowest BCUT2D eigenvalue weighted by Crippen LogP contribution is -2.42. The van der Waals surface area contributed by atoms with Gasteiger partial charge in [-0.15, -0.1) is 0 Å². The van der Waals surface area contributed by atoms with Crippen LogP contribution in [0.4, 0.5) is 12.0 Å². The van der Waals surface area contributed by atoms with Crippen molar-refractivity contribution in [2.75, 3.05) is 23.7 Å². The summed E-state index contributed by atoms with van der Waals surface area (Å²) in [5.41, 5.74) is 8.02. The summed E-state index contributed by atoms with van der Waals surface area (Å²) in [6, 6.07) is 8.80. The second-order valence-electron chi connectivity index (χ2n) is 8.59. The number of hydrogen-bond acceptors (Lipinski definition) is 8. The molecule has 30 heavy (non-hydrogen) atoms. The normalized spacial score (nSPS) is 17.3.